The van der Waals surface area contributed by atoms with Gasteiger partial charge in [-0.15, -0.1) is 0 Å². The van der Waals surface area contributed by atoms with E-state index < -0.39 is 0 Å². The van der Waals surface area contributed by atoms with Crippen LogP contribution in [-0.2, 0) is 6.42 Å². The van der Waals surface area contributed by atoms with Crippen molar-refractivity contribution in [2.45, 2.75) is 19.4 Å². The molecule has 0 heterocycles. The lowest BCUT2D eigenvalue weighted by Crippen LogP contribution is -2.39. The third-order valence-corrected chi connectivity index (χ3v) is 2.60. The summed E-state index contributed by atoms with van der Waals surface area (Å²) >= 11 is 0. The Balaban J connectivity index is 2.46. The van der Waals surface area contributed by atoms with Crippen LogP contribution in [0.2, 0.25) is 0 Å². The van der Waals surface area contributed by atoms with E-state index in [-0.39, 0.29) is 11.9 Å². The molecule has 0 bridgehead atoms. The highest BCUT2D eigenvalue weighted by molar-refractivity contribution is 5.84. The summed E-state index contributed by atoms with van der Waals surface area (Å²) < 4.78 is 5.26. The van der Waals surface area contributed by atoms with Crippen molar-refractivity contribution in [1.82, 2.24) is 5.32 Å². The fourth-order valence-corrected chi connectivity index (χ4v) is 1.52. The van der Waals surface area contributed by atoms with Crippen LogP contribution in [-0.4, -0.2) is 30.7 Å². The van der Waals surface area contributed by atoms with Crippen molar-refractivity contribution in [3.05, 3.63) is 29.8 Å². The van der Waals surface area contributed by atoms with Gasteiger partial charge in [0.25, 0.3) is 0 Å². The van der Waals surface area contributed by atoms with Crippen molar-refractivity contribution in [1.29, 1.82) is 0 Å². The molecule has 0 radical (unpaired) electrons. The van der Waals surface area contributed by atoms with E-state index in [1.165, 1.54) is 0 Å². The summed E-state index contributed by atoms with van der Waals surface area (Å²) in [4.78, 5) is 0. The lowest BCUT2D eigenvalue weighted by Gasteiger charge is -2.13. The van der Waals surface area contributed by atoms with Gasteiger partial charge in [0.05, 0.1) is 13.2 Å². The third kappa shape index (κ3) is 3.96. The Kier molecular flexibility index (Phi) is 5.29. The maximum atomic E-state index is 8.51. The quantitative estimate of drug-likeness (QED) is 0.298. The molecule has 0 aliphatic carbocycles. The number of hydrogen-bond acceptors (Lipinski definition) is 4. The van der Waals surface area contributed by atoms with Crippen LogP contribution in [0.4, 0.5) is 0 Å². The van der Waals surface area contributed by atoms with Crippen LogP contribution in [0.3, 0.4) is 0 Å². The number of nitrogens with two attached hydrogens (primary N) is 1. The molecule has 5 heteroatoms. The van der Waals surface area contributed by atoms with Crippen molar-refractivity contribution in [2.75, 3.05) is 13.7 Å². The maximum absolute atomic E-state index is 8.51. The first-order valence-corrected chi connectivity index (χ1v) is 5.51. The molecule has 0 fully saturated rings. The van der Waals surface area contributed by atoms with E-state index in [1.807, 2.05) is 31.2 Å². The average molecular weight is 237 g/mol. The van der Waals surface area contributed by atoms with Gasteiger partial charge in [0.2, 0.25) is 0 Å². The molecule has 0 aliphatic rings. The molecular weight excluding hydrogens is 218 g/mol. The summed E-state index contributed by atoms with van der Waals surface area (Å²) in [6.45, 7) is 2.58. The zero-order valence-corrected chi connectivity index (χ0v) is 10.2. The highest BCUT2D eigenvalue weighted by atomic mass is 16.5. The van der Waals surface area contributed by atoms with Crippen LogP contribution in [0.5, 0.6) is 5.75 Å². The highest BCUT2D eigenvalue weighted by Gasteiger charge is 2.07. The van der Waals surface area contributed by atoms with Crippen molar-refractivity contribution < 1.29 is 9.94 Å². The normalized spacial score (nSPS) is 13.4. The minimum atomic E-state index is -0.144. The van der Waals surface area contributed by atoms with E-state index in [2.05, 4.69) is 10.5 Å². The predicted molar refractivity (Wildman–Crippen MR) is 67.6 cm³/mol. The summed E-state index contributed by atoms with van der Waals surface area (Å²) in [6, 6.07) is 7.73. The largest absolute Gasteiger partial charge is 0.496 e. The van der Waals surface area contributed by atoms with Gasteiger partial charge in [0.1, 0.15) is 5.75 Å². The smallest absolute Gasteiger partial charge is 0.156 e. The molecule has 1 aromatic carbocycles. The number of para-hydroxylation sites is 1. The number of rotatable bonds is 6. The number of methoxy groups -OCH3 is 1. The standard InChI is InChI=1S/C12H19N3O2/c1-9(12(13)15-16)14-8-7-10-5-3-4-6-11(10)17-2/h3-6,9,14,16H,7-8H2,1-2H3,(H2,13,15). The van der Waals surface area contributed by atoms with Crippen molar-refractivity contribution in [3.63, 3.8) is 0 Å². The number of nitrogens with zero attached hydrogens (tertiary/aromatic N) is 1. The number of amidine groups is 1. The summed E-state index contributed by atoms with van der Waals surface area (Å²) in [5, 5.41) is 14.6. The van der Waals surface area contributed by atoms with Gasteiger partial charge in [-0.05, 0) is 31.5 Å². The molecule has 0 aliphatic heterocycles. The summed E-state index contributed by atoms with van der Waals surface area (Å²) in [6.07, 6.45) is 0.826. The number of nitrogens with one attached hydrogen (secondary N) is 1. The second kappa shape index (κ2) is 6.75. The van der Waals surface area contributed by atoms with Crippen LogP contribution in [0, 0.1) is 0 Å². The van der Waals surface area contributed by atoms with Gasteiger partial charge in [-0.25, -0.2) is 0 Å². The Morgan fingerprint density at radius 1 is 1.53 bits per heavy atom. The van der Waals surface area contributed by atoms with Crippen LogP contribution in [0.25, 0.3) is 0 Å². The molecule has 0 amide bonds. The molecule has 0 saturated heterocycles. The molecule has 17 heavy (non-hydrogen) atoms. The van der Waals surface area contributed by atoms with Crippen LogP contribution < -0.4 is 15.8 Å². The monoisotopic (exact) mass is 237 g/mol. The van der Waals surface area contributed by atoms with Gasteiger partial charge < -0.3 is 21.0 Å². The van der Waals surface area contributed by atoms with E-state index in [9.17, 15) is 0 Å². The molecule has 94 valence electrons. The Hall–Kier alpha value is -1.75. The molecular formula is C12H19N3O2. The van der Waals surface area contributed by atoms with Gasteiger partial charge in [-0.2, -0.15) is 0 Å². The topological polar surface area (TPSA) is 79.9 Å². The molecule has 0 saturated carbocycles. The Labute approximate surface area is 101 Å². The van der Waals surface area contributed by atoms with Gasteiger partial charge in [-0.1, -0.05) is 23.4 Å². The van der Waals surface area contributed by atoms with Crippen molar-refractivity contribution >= 4 is 5.84 Å². The van der Waals surface area contributed by atoms with Crippen LogP contribution in [0.1, 0.15) is 12.5 Å². The second-order valence-electron chi connectivity index (χ2n) is 3.76. The Morgan fingerprint density at radius 2 is 2.24 bits per heavy atom. The minimum Gasteiger partial charge on any atom is -0.496 e. The predicted octanol–water partition coefficient (Wildman–Crippen LogP) is 0.962. The fourth-order valence-electron chi connectivity index (χ4n) is 1.52. The minimum absolute atomic E-state index is 0.144. The van der Waals surface area contributed by atoms with E-state index in [1.54, 1.807) is 7.11 Å². The molecule has 0 aromatic heterocycles. The zero-order chi connectivity index (χ0) is 12.7. The summed E-state index contributed by atoms with van der Waals surface area (Å²) in [7, 11) is 1.66. The van der Waals surface area contributed by atoms with Gasteiger partial charge in [0.15, 0.2) is 5.84 Å². The van der Waals surface area contributed by atoms with Crippen LogP contribution in [0.15, 0.2) is 29.4 Å². The first-order chi connectivity index (χ1) is 8.19. The van der Waals surface area contributed by atoms with Crippen molar-refractivity contribution in [2.24, 2.45) is 10.9 Å². The SMILES string of the molecule is COc1ccccc1CCNC(C)/C(N)=N/O. The maximum Gasteiger partial charge on any atom is 0.156 e. The van der Waals surface area contributed by atoms with E-state index >= 15 is 0 Å². The lowest BCUT2D eigenvalue weighted by molar-refractivity contribution is 0.315. The summed E-state index contributed by atoms with van der Waals surface area (Å²) in [5.74, 6) is 1.07. The number of hydrogen-bond donors (Lipinski definition) is 3. The Morgan fingerprint density at radius 3 is 2.88 bits per heavy atom. The number of oxime groups is 1. The molecule has 1 unspecified atom stereocenters. The van der Waals surface area contributed by atoms with Gasteiger partial charge in [-0.3, -0.25) is 0 Å². The molecule has 1 atom stereocenters. The molecule has 5 nitrogen and oxygen atoms in total. The van der Waals surface area contributed by atoms with Gasteiger partial charge >= 0.3 is 0 Å². The average Bonchev–Trinajstić information content (AvgIpc) is 2.38. The lowest BCUT2D eigenvalue weighted by atomic mass is 10.1. The molecule has 4 N–H and O–H groups in total. The number of benzene rings is 1. The zero-order valence-electron chi connectivity index (χ0n) is 10.2. The first-order valence-electron chi connectivity index (χ1n) is 5.51. The molecule has 1 aromatic rings. The van der Waals surface area contributed by atoms with E-state index in [0.717, 1.165) is 24.3 Å². The second-order valence-corrected chi connectivity index (χ2v) is 3.76. The molecule has 0 spiro atoms. The fraction of sp³-hybridized carbons (Fsp3) is 0.417. The van der Waals surface area contributed by atoms with Gasteiger partial charge in [0, 0.05) is 0 Å². The van der Waals surface area contributed by atoms with Crippen molar-refractivity contribution in [3.8, 4) is 5.75 Å². The number of ether oxygens (including phenoxy) is 1. The van der Waals surface area contributed by atoms with E-state index in [4.69, 9.17) is 15.7 Å². The van der Waals surface area contributed by atoms with E-state index in [0.29, 0.717) is 0 Å². The molecule has 1 rings (SSSR count). The van der Waals surface area contributed by atoms with Crippen LogP contribution >= 0.6 is 0 Å². The highest BCUT2D eigenvalue weighted by Crippen LogP contribution is 2.17. The first kappa shape index (κ1) is 13.3. The Bertz CT molecular complexity index is 380. The summed E-state index contributed by atoms with van der Waals surface area (Å²) in [5.41, 5.74) is 6.60. The third-order valence-electron chi connectivity index (χ3n) is 2.60.